The van der Waals surface area contributed by atoms with Crippen molar-refractivity contribution in [2.75, 3.05) is 19.0 Å². The third-order valence-corrected chi connectivity index (χ3v) is 4.99. The summed E-state index contributed by atoms with van der Waals surface area (Å²) in [5, 5.41) is 3.16. The molecule has 0 fully saturated rings. The lowest BCUT2D eigenvalue weighted by Gasteiger charge is -2.09. The molecule has 0 aliphatic rings. The zero-order valence-corrected chi connectivity index (χ0v) is 18.5. The molecule has 2 heterocycles. The molecule has 0 spiro atoms. The Morgan fingerprint density at radius 1 is 0.939 bits per heavy atom. The molecular weight excluding hydrogens is 418 g/mol. The van der Waals surface area contributed by atoms with E-state index < -0.39 is 0 Å². The molecule has 4 rings (SSSR count). The number of ether oxygens (including phenoxy) is 2. The van der Waals surface area contributed by atoms with Crippen LogP contribution >= 0.6 is 0 Å². The first-order valence-corrected chi connectivity index (χ1v) is 10.6. The van der Waals surface area contributed by atoms with Crippen LogP contribution in [0.2, 0.25) is 0 Å². The molecule has 0 saturated carbocycles. The number of aromatic nitrogens is 4. The van der Waals surface area contributed by atoms with Gasteiger partial charge < -0.3 is 14.8 Å². The summed E-state index contributed by atoms with van der Waals surface area (Å²) >= 11 is 0. The molecule has 0 unspecified atom stereocenters. The van der Waals surface area contributed by atoms with Gasteiger partial charge in [0.15, 0.2) is 0 Å². The summed E-state index contributed by atoms with van der Waals surface area (Å²) in [6, 6.07) is 16.2. The summed E-state index contributed by atoms with van der Waals surface area (Å²) in [5.74, 6) is 2.05. The number of nitrogens with one attached hydrogen (secondary N) is 2. The first-order chi connectivity index (χ1) is 16.1. The Bertz CT molecular complexity index is 1250. The number of nitrogens with zero attached hydrogens (tertiary/aromatic N) is 3. The van der Waals surface area contributed by atoms with Crippen LogP contribution in [0, 0.1) is 6.92 Å². The molecule has 4 aromatic rings. The summed E-state index contributed by atoms with van der Waals surface area (Å²) < 4.78 is 10.8. The molecule has 0 aliphatic heterocycles. The van der Waals surface area contributed by atoms with Crippen molar-refractivity contribution in [3.63, 3.8) is 0 Å². The molecule has 0 radical (unpaired) electrons. The predicted molar refractivity (Wildman–Crippen MR) is 126 cm³/mol. The summed E-state index contributed by atoms with van der Waals surface area (Å²) in [4.78, 5) is 27.6. The highest BCUT2D eigenvalue weighted by atomic mass is 16.5. The van der Waals surface area contributed by atoms with E-state index in [1.54, 1.807) is 18.6 Å². The Morgan fingerprint density at radius 3 is 2.42 bits per heavy atom. The second-order valence-electron chi connectivity index (χ2n) is 7.58. The van der Waals surface area contributed by atoms with Gasteiger partial charge >= 0.3 is 6.01 Å². The van der Waals surface area contributed by atoms with Gasteiger partial charge in [-0.25, -0.2) is 15.0 Å². The fourth-order valence-corrected chi connectivity index (χ4v) is 3.26. The highest BCUT2D eigenvalue weighted by molar-refractivity contribution is 5.35. The Hall–Kier alpha value is -4.20. The van der Waals surface area contributed by atoms with Crippen molar-refractivity contribution in [3.8, 4) is 17.5 Å². The Kier molecular flexibility index (Phi) is 6.94. The quantitative estimate of drug-likeness (QED) is 0.404. The molecule has 8 nitrogen and oxygen atoms in total. The van der Waals surface area contributed by atoms with Gasteiger partial charge in [0.05, 0.1) is 7.11 Å². The van der Waals surface area contributed by atoms with Gasteiger partial charge in [-0.2, -0.15) is 0 Å². The van der Waals surface area contributed by atoms with Crippen LogP contribution in [0.5, 0.6) is 17.5 Å². The molecular formula is C25H25N5O3. The highest BCUT2D eigenvalue weighted by Crippen LogP contribution is 2.22. The molecule has 0 saturated heterocycles. The number of benzene rings is 2. The normalized spacial score (nSPS) is 10.6. The number of hydrogen-bond acceptors (Lipinski definition) is 7. The molecule has 2 aromatic carbocycles. The lowest BCUT2D eigenvalue weighted by molar-refractivity contribution is 0.379. The predicted octanol–water partition coefficient (Wildman–Crippen LogP) is 3.91. The van der Waals surface area contributed by atoms with Crippen molar-refractivity contribution >= 4 is 5.95 Å². The zero-order chi connectivity index (χ0) is 23.0. The van der Waals surface area contributed by atoms with Gasteiger partial charge in [0.2, 0.25) is 5.95 Å². The van der Waals surface area contributed by atoms with Crippen LogP contribution in [0.25, 0.3) is 0 Å². The van der Waals surface area contributed by atoms with E-state index in [0.29, 0.717) is 30.5 Å². The van der Waals surface area contributed by atoms with Crippen LogP contribution in [0.4, 0.5) is 5.95 Å². The molecule has 0 amide bonds. The number of methoxy groups -OCH3 is 1. The van der Waals surface area contributed by atoms with Gasteiger partial charge in [-0.1, -0.05) is 24.3 Å². The van der Waals surface area contributed by atoms with E-state index in [1.807, 2.05) is 55.5 Å². The number of aromatic amines is 1. The Morgan fingerprint density at radius 2 is 1.73 bits per heavy atom. The van der Waals surface area contributed by atoms with Crippen molar-refractivity contribution in [1.29, 1.82) is 0 Å². The molecule has 8 heteroatoms. The van der Waals surface area contributed by atoms with E-state index in [4.69, 9.17) is 9.47 Å². The van der Waals surface area contributed by atoms with Crippen LogP contribution < -0.4 is 20.3 Å². The maximum Gasteiger partial charge on any atom is 0.316 e. The first kappa shape index (κ1) is 22.0. The van der Waals surface area contributed by atoms with Gasteiger partial charge in [-0.15, -0.1) is 0 Å². The molecule has 0 aliphatic carbocycles. The fourth-order valence-electron chi connectivity index (χ4n) is 3.26. The minimum Gasteiger partial charge on any atom is -0.467 e. The fraction of sp³-hybridized carbons (Fsp3) is 0.200. The number of rotatable bonds is 9. The topological polar surface area (TPSA) is 102 Å². The van der Waals surface area contributed by atoms with Crippen LogP contribution in [0.1, 0.15) is 22.3 Å². The van der Waals surface area contributed by atoms with Gasteiger partial charge in [0.1, 0.15) is 11.5 Å². The first-order valence-electron chi connectivity index (χ1n) is 10.6. The van der Waals surface area contributed by atoms with Crippen molar-refractivity contribution in [2.45, 2.75) is 19.8 Å². The molecule has 0 atom stereocenters. The summed E-state index contributed by atoms with van der Waals surface area (Å²) in [6.07, 6.45) is 6.01. The number of aryl methyl sites for hydroxylation is 1. The average Bonchev–Trinajstić information content (AvgIpc) is 2.82. The van der Waals surface area contributed by atoms with Crippen molar-refractivity contribution in [1.82, 2.24) is 19.9 Å². The monoisotopic (exact) mass is 443 g/mol. The summed E-state index contributed by atoms with van der Waals surface area (Å²) in [5.41, 5.74) is 3.46. The smallest absolute Gasteiger partial charge is 0.316 e. The third kappa shape index (κ3) is 6.16. The standard InChI is InChI=1S/C25H25N5O3/c1-17-4-3-5-22(12-17)33-21-8-6-18(7-9-21)10-11-26-24-27-16-20(23(31)30-24)13-19-14-28-25(32-2)29-15-19/h3-9,12,14-16H,10-11,13H2,1-2H3,(H2,26,27,30,31). The number of H-pyrrole nitrogens is 1. The van der Waals surface area contributed by atoms with Crippen molar-refractivity contribution < 1.29 is 9.47 Å². The highest BCUT2D eigenvalue weighted by Gasteiger charge is 2.06. The van der Waals surface area contributed by atoms with Crippen LogP contribution in [0.3, 0.4) is 0 Å². The Labute approximate surface area is 191 Å². The number of anilines is 1. The van der Waals surface area contributed by atoms with Crippen LogP contribution in [-0.4, -0.2) is 33.6 Å². The van der Waals surface area contributed by atoms with Gasteiger partial charge in [-0.3, -0.25) is 9.78 Å². The SMILES string of the molecule is COc1ncc(Cc2cnc(NCCc3ccc(Oc4cccc(C)c4)cc3)[nH]c2=O)cn1. The van der Waals surface area contributed by atoms with E-state index in [-0.39, 0.29) is 5.56 Å². The average molecular weight is 444 g/mol. The lowest BCUT2D eigenvalue weighted by atomic mass is 10.1. The molecule has 168 valence electrons. The van der Waals surface area contributed by atoms with Crippen LogP contribution in [0.15, 0.2) is 71.9 Å². The van der Waals surface area contributed by atoms with E-state index in [1.165, 1.54) is 7.11 Å². The second kappa shape index (κ2) is 10.4. The van der Waals surface area contributed by atoms with Gasteiger partial charge in [0.25, 0.3) is 5.56 Å². The molecule has 2 N–H and O–H groups in total. The summed E-state index contributed by atoms with van der Waals surface area (Å²) in [7, 11) is 1.51. The summed E-state index contributed by atoms with van der Waals surface area (Å²) in [6.45, 7) is 2.67. The molecule has 33 heavy (non-hydrogen) atoms. The largest absolute Gasteiger partial charge is 0.467 e. The maximum absolute atomic E-state index is 12.4. The van der Waals surface area contributed by atoms with Crippen molar-refractivity contribution in [2.24, 2.45) is 0 Å². The second-order valence-corrected chi connectivity index (χ2v) is 7.58. The van der Waals surface area contributed by atoms with Gasteiger partial charge in [-0.05, 0) is 54.3 Å². The van der Waals surface area contributed by atoms with E-state index in [9.17, 15) is 4.79 Å². The van der Waals surface area contributed by atoms with E-state index in [2.05, 4.69) is 25.3 Å². The molecule has 0 bridgehead atoms. The minimum atomic E-state index is -0.194. The lowest BCUT2D eigenvalue weighted by Crippen LogP contribution is -2.18. The minimum absolute atomic E-state index is 0.194. The molecule has 2 aromatic heterocycles. The maximum atomic E-state index is 12.4. The van der Waals surface area contributed by atoms with E-state index in [0.717, 1.165) is 34.6 Å². The number of hydrogen-bond donors (Lipinski definition) is 2. The third-order valence-electron chi connectivity index (χ3n) is 4.99. The van der Waals surface area contributed by atoms with Crippen molar-refractivity contribution in [3.05, 3.63) is 99.7 Å². The van der Waals surface area contributed by atoms with Crippen LogP contribution in [-0.2, 0) is 12.8 Å². The zero-order valence-electron chi connectivity index (χ0n) is 18.5. The van der Waals surface area contributed by atoms with E-state index >= 15 is 0 Å². The Balaban J connectivity index is 1.28. The van der Waals surface area contributed by atoms with Gasteiger partial charge in [0, 0.05) is 37.1 Å².